The Kier molecular flexibility index (Phi) is 3.80. The Hall–Kier alpha value is -2.74. The van der Waals surface area contributed by atoms with Crippen LogP contribution in [0.3, 0.4) is 0 Å². The van der Waals surface area contributed by atoms with E-state index in [9.17, 15) is 4.79 Å². The van der Waals surface area contributed by atoms with E-state index in [2.05, 4.69) is 15.0 Å². The van der Waals surface area contributed by atoms with Crippen LogP contribution in [0.25, 0.3) is 5.69 Å². The Morgan fingerprint density at radius 2 is 2.07 bits per heavy atom. The number of ether oxygens (including phenoxy) is 1. The molecule has 1 fully saturated rings. The molecule has 0 radical (unpaired) electrons. The number of fused-ring (bicyclic) bond motifs is 5. The fourth-order valence-electron chi connectivity index (χ4n) is 4.28. The van der Waals surface area contributed by atoms with Crippen LogP contribution in [0.15, 0.2) is 48.5 Å². The summed E-state index contributed by atoms with van der Waals surface area (Å²) in [5.41, 5.74) is 7.24. The Morgan fingerprint density at radius 1 is 1.29 bits per heavy atom. The van der Waals surface area contributed by atoms with Gasteiger partial charge in [-0.25, -0.2) is 9.67 Å². The van der Waals surface area contributed by atoms with Gasteiger partial charge in [-0.15, -0.1) is 5.10 Å². The molecule has 8 heteroatoms. The van der Waals surface area contributed by atoms with Crippen molar-refractivity contribution in [3.05, 3.63) is 76.3 Å². The Balaban J connectivity index is 1.87. The molecular formula is C20H18ClN5O2. The molecule has 0 spiro atoms. The highest BCUT2D eigenvalue weighted by atomic mass is 35.5. The lowest BCUT2D eigenvalue weighted by Gasteiger charge is -2.39. The maximum Gasteiger partial charge on any atom is 0.288 e. The molecule has 142 valence electrons. The number of amides is 1. The molecule has 7 nitrogen and oxygen atoms in total. The van der Waals surface area contributed by atoms with Crippen molar-refractivity contribution in [1.82, 2.24) is 19.7 Å². The van der Waals surface area contributed by atoms with Crippen LogP contribution < -0.4 is 5.73 Å². The van der Waals surface area contributed by atoms with Gasteiger partial charge < -0.3 is 10.5 Å². The molecule has 2 aliphatic rings. The summed E-state index contributed by atoms with van der Waals surface area (Å²) in [4.78, 5) is 18.4. The first kappa shape index (κ1) is 17.4. The van der Waals surface area contributed by atoms with Gasteiger partial charge in [-0.2, -0.15) is 0 Å². The van der Waals surface area contributed by atoms with Gasteiger partial charge in [0.15, 0.2) is 5.72 Å². The van der Waals surface area contributed by atoms with Gasteiger partial charge in [0.2, 0.25) is 5.82 Å². The summed E-state index contributed by atoms with van der Waals surface area (Å²) >= 11 is 6.40. The molecule has 0 bridgehead atoms. The Morgan fingerprint density at radius 3 is 2.82 bits per heavy atom. The number of primary amides is 1. The zero-order valence-electron chi connectivity index (χ0n) is 15.2. The van der Waals surface area contributed by atoms with Gasteiger partial charge >= 0.3 is 0 Å². The van der Waals surface area contributed by atoms with E-state index in [0.717, 1.165) is 16.8 Å². The second-order valence-electron chi connectivity index (χ2n) is 6.96. The van der Waals surface area contributed by atoms with E-state index in [1.54, 1.807) is 10.7 Å². The first-order chi connectivity index (χ1) is 13.5. The molecule has 1 amide bonds. The molecule has 1 saturated heterocycles. The van der Waals surface area contributed by atoms with Crippen molar-refractivity contribution >= 4 is 17.5 Å². The lowest BCUT2D eigenvalue weighted by Crippen LogP contribution is -2.44. The number of benzene rings is 2. The summed E-state index contributed by atoms with van der Waals surface area (Å²) in [6, 6.07) is 15.5. The molecule has 2 aliphatic heterocycles. The minimum atomic E-state index is -0.823. The van der Waals surface area contributed by atoms with Crippen LogP contribution in [-0.2, 0) is 10.5 Å². The summed E-state index contributed by atoms with van der Waals surface area (Å²) in [5, 5.41) is 4.98. The normalized spacial score (nSPS) is 23.6. The van der Waals surface area contributed by atoms with E-state index < -0.39 is 11.6 Å². The molecule has 1 aromatic heterocycles. The average Bonchev–Trinajstić information content (AvgIpc) is 3.32. The number of halogens is 1. The molecule has 28 heavy (non-hydrogen) atoms. The molecule has 3 heterocycles. The van der Waals surface area contributed by atoms with Gasteiger partial charge in [0.25, 0.3) is 5.91 Å². The highest BCUT2D eigenvalue weighted by molar-refractivity contribution is 6.30. The van der Waals surface area contributed by atoms with Crippen molar-refractivity contribution < 1.29 is 9.53 Å². The van der Waals surface area contributed by atoms with Crippen LogP contribution in [0.2, 0.25) is 5.02 Å². The van der Waals surface area contributed by atoms with Crippen molar-refractivity contribution in [3.8, 4) is 5.69 Å². The minimum Gasteiger partial charge on any atom is -0.363 e. The van der Waals surface area contributed by atoms with Crippen molar-refractivity contribution in [2.45, 2.75) is 18.7 Å². The van der Waals surface area contributed by atoms with E-state index in [0.29, 0.717) is 24.0 Å². The van der Waals surface area contributed by atoms with Crippen LogP contribution in [-0.4, -0.2) is 38.7 Å². The second kappa shape index (κ2) is 6.13. The van der Waals surface area contributed by atoms with Crippen molar-refractivity contribution in [1.29, 1.82) is 0 Å². The molecule has 2 atom stereocenters. The van der Waals surface area contributed by atoms with Crippen LogP contribution in [0, 0.1) is 0 Å². The molecule has 0 saturated carbocycles. The lowest BCUT2D eigenvalue weighted by molar-refractivity contribution is -0.0675. The largest absolute Gasteiger partial charge is 0.363 e. The van der Waals surface area contributed by atoms with E-state index in [1.165, 1.54) is 0 Å². The summed E-state index contributed by atoms with van der Waals surface area (Å²) in [6.07, 6.45) is 0. The number of rotatable bonds is 2. The molecule has 2 aromatic carbocycles. The van der Waals surface area contributed by atoms with E-state index >= 15 is 0 Å². The van der Waals surface area contributed by atoms with E-state index in [1.807, 2.05) is 49.4 Å². The average molecular weight is 396 g/mol. The third-order valence-corrected chi connectivity index (χ3v) is 5.69. The molecular weight excluding hydrogens is 378 g/mol. The monoisotopic (exact) mass is 395 g/mol. The second-order valence-corrected chi connectivity index (χ2v) is 7.40. The fraction of sp³-hybridized carbons (Fsp3) is 0.250. The first-order valence-electron chi connectivity index (χ1n) is 9.06. The van der Waals surface area contributed by atoms with Gasteiger partial charge in [0.05, 0.1) is 18.3 Å². The van der Waals surface area contributed by atoms with E-state index in [4.69, 9.17) is 22.1 Å². The van der Waals surface area contributed by atoms with Crippen LogP contribution >= 0.6 is 11.6 Å². The van der Waals surface area contributed by atoms with Crippen molar-refractivity contribution in [2.24, 2.45) is 5.73 Å². The minimum absolute atomic E-state index is 0.00456. The fourth-order valence-corrected chi connectivity index (χ4v) is 4.45. The number of aromatic nitrogens is 3. The number of carbonyl (C=O) groups is 1. The Bertz CT molecular complexity index is 1080. The Labute approximate surface area is 166 Å². The number of hydrogen-bond donors (Lipinski definition) is 1. The standard InChI is InChI=1S/C20H18ClN5O2/c1-12-19-23-18(17(22)27)24-26(19)16-8-7-14(21)11-15(16)20(25(12)9-10-28-20)13-5-3-2-4-6-13/h2-8,11-12H,9-10H2,1H3,(H2,22,27). The summed E-state index contributed by atoms with van der Waals surface area (Å²) in [6.45, 7) is 3.29. The molecule has 5 rings (SSSR count). The van der Waals surface area contributed by atoms with Gasteiger partial charge in [-0.05, 0) is 25.1 Å². The number of nitrogens with two attached hydrogens (primary N) is 1. The third kappa shape index (κ3) is 2.27. The summed E-state index contributed by atoms with van der Waals surface area (Å²) in [5.74, 6) is -0.0222. The third-order valence-electron chi connectivity index (χ3n) is 5.46. The zero-order valence-corrected chi connectivity index (χ0v) is 15.9. The van der Waals surface area contributed by atoms with Crippen molar-refractivity contribution in [3.63, 3.8) is 0 Å². The molecule has 2 unspecified atom stereocenters. The zero-order chi connectivity index (χ0) is 19.5. The lowest BCUT2D eigenvalue weighted by atomic mass is 9.91. The number of hydrogen-bond acceptors (Lipinski definition) is 5. The summed E-state index contributed by atoms with van der Waals surface area (Å²) < 4.78 is 8.13. The highest BCUT2D eigenvalue weighted by Crippen LogP contribution is 2.49. The van der Waals surface area contributed by atoms with Gasteiger partial charge in [0.1, 0.15) is 5.82 Å². The van der Waals surface area contributed by atoms with E-state index in [-0.39, 0.29) is 11.9 Å². The van der Waals surface area contributed by atoms with Crippen LogP contribution in [0.1, 0.15) is 40.5 Å². The van der Waals surface area contributed by atoms with Crippen LogP contribution in [0.4, 0.5) is 0 Å². The molecule has 3 aromatic rings. The van der Waals surface area contributed by atoms with Crippen LogP contribution in [0.5, 0.6) is 0 Å². The topological polar surface area (TPSA) is 86.3 Å². The quantitative estimate of drug-likeness (QED) is 0.720. The highest BCUT2D eigenvalue weighted by Gasteiger charge is 2.52. The SMILES string of the molecule is CC1c2nc(C(N)=O)nn2-c2ccc(Cl)cc2C2(c3ccccc3)OCCN12. The van der Waals surface area contributed by atoms with Gasteiger partial charge in [-0.1, -0.05) is 41.9 Å². The summed E-state index contributed by atoms with van der Waals surface area (Å²) in [7, 11) is 0. The number of carbonyl (C=O) groups excluding carboxylic acids is 1. The van der Waals surface area contributed by atoms with Crippen molar-refractivity contribution in [2.75, 3.05) is 13.2 Å². The first-order valence-corrected chi connectivity index (χ1v) is 9.43. The maximum absolute atomic E-state index is 11.7. The molecule has 0 aliphatic carbocycles. The predicted molar refractivity (Wildman–Crippen MR) is 103 cm³/mol. The smallest absolute Gasteiger partial charge is 0.288 e. The number of nitrogens with zero attached hydrogens (tertiary/aromatic N) is 4. The molecule has 2 N–H and O–H groups in total. The predicted octanol–water partition coefficient (Wildman–Crippen LogP) is 2.63. The van der Waals surface area contributed by atoms with Gasteiger partial charge in [-0.3, -0.25) is 9.69 Å². The maximum atomic E-state index is 11.7. The van der Waals surface area contributed by atoms with Gasteiger partial charge in [0, 0.05) is 22.7 Å².